The molecule has 234 valence electrons. The lowest BCUT2D eigenvalue weighted by atomic mass is 9.99. The molecule has 7 aromatic carbocycles. The van der Waals surface area contributed by atoms with Crippen molar-refractivity contribution in [3.8, 4) is 56.2 Å². The second-order valence-electron chi connectivity index (χ2n) is 12.6. The third-order valence-electron chi connectivity index (χ3n) is 9.50. The SMILES string of the molecule is c1ccc(-c2ccc3oc4c(ccc5c6cc(-c7cccc(-c8cc(-c9ccccc9)nc(-c9ccccc9)n8)c7)ccc6oc54)c3c2)cc1. The van der Waals surface area contributed by atoms with Crippen LogP contribution < -0.4 is 0 Å². The Balaban J connectivity index is 1.07. The number of furan rings is 2. The van der Waals surface area contributed by atoms with Crippen molar-refractivity contribution in [3.63, 3.8) is 0 Å². The van der Waals surface area contributed by atoms with E-state index in [0.717, 1.165) is 88.6 Å². The van der Waals surface area contributed by atoms with Crippen molar-refractivity contribution in [1.82, 2.24) is 9.97 Å². The zero-order valence-electron chi connectivity index (χ0n) is 26.9. The van der Waals surface area contributed by atoms with Crippen molar-refractivity contribution in [1.29, 1.82) is 0 Å². The molecule has 0 saturated carbocycles. The number of fused-ring (bicyclic) bond motifs is 7. The van der Waals surface area contributed by atoms with E-state index in [0.29, 0.717) is 5.82 Å². The summed E-state index contributed by atoms with van der Waals surface area (Å²) in [6.45, 7) is 0. The standard InChI is InChI=1S/C46H28N2O2/c1-4-11-29(12-5-1)33-19-23-42-38(26-33)36-21-22-37-39-27-34(20-24-43(39)50-45(37)44(36)49-42)32-17-10-18-35(25-32)41-28-40(30-13-6-2-7-14-30)47-46(48-41)31-15-8-3-9-16-31/h1-28H. The molecule has 4 heteroatoms. The van der Waals surface area contributed by atoms with Gasteiger partial charge in [0, 0.05) is 38.2 Å². The van der Waals surface area contributed by atoms with E-state index in [4.69, 9.17) is 18.8 Å². The Morgan fingerprint density at radius 2 is 0.760 bits per heavy atom. The summed E-state index contributed by atoms with van der Waals surface area (Å²) in [4.78, 5) is 10.0. The normalized spacial score (nSPS) is 11.6. The number of hydrogen-bond acceptors (Lipinski definition) is 4. The number of rotatable bonds is 5. The fraction of sp³-hybridized carbons (Fsp3) is 0. The van der Waals surface area contributed by atoms with Gasteiger partial charge in [0.25, 0.3) is 0 Å². The first-order chi connectivity index (χ1) is 24.7. The molecule has 0 bridgehead atoms. The van der Waals surface area contributed by atoms with E-state index in [2.05, 4.69) is 127 Å². The molecule has 0 spiro atoms. The van der Waals surface area contributed by atoms with E-state index >= 15 is 0 Å². The van der Waals surface area contributed by atoms with Crippen LogP contribution in [0.25, 0.3) is 100 Å². The zero-order valence-corrected chi connectivity index (χ0v) is 26.9. The molecule has 0 unspecified atom stereocenters. The third kappa shape index (κ3) is 4.77. The minimum Gasteiger partial charge on any atom is -0.452 e. The Bertz CT molecular complexity index is 2800. The molecule has 50 heavy (non-hydrogen) atoms. The summed E-state index contributed by atoms with van der Waals surface area (Å²) in [5.41, 5.74) is 12.6. The lowest BCUT2D eigenvalue weighted by molar-refractivity contribution is 0.633. The highest BCUT2D eigenvalue weighted by atomic mass is 16.4. The molecule has 10 aromatic rings. The average Bonchev–Trinajstić information content (AvgIpc) is 3.77. The molecule has 0 N–H and O–H groups in total. The van der Waals surface area contributed by atoms with Gasteiger partial charge in [0.15, 0.2) is 17.0 Å². The molecule has 10 rings (SSSR count). The second-order valence-corrected chi connectivity index (χ2v) is 12.6. The molecule has 0 atom stereocenters. The maximum Gasteiger partial charge on any atom is 0.178 e. The molecule has 3 aromatic heterocycles. The highest BCUT2D eigenvalue weighted by Crippen LogP contribution is 2.41. The lowest BCUT2D eigenvalue weighted by Gasteiger charge is -2.10. The number of benzene rings is 7. The van der Waals surface area contributed by atoms with Gasteiger partial charge in [-0.1, -0.05) is 121 Å². The van der Waals surface area contributed by atoms with Crippen molar-refractivity contribution in [3.05, 3.63) is 170 Å². The summed E-state index contributed by atoms with van der Waals surface area (Å²) >= 11 is 0. The van der Waals surface area contributed by atoms with Crippen LogP contribution in [0.5, 0.6) is 0 Å². The van der Waals surface area contributed by atoms with Crippen molar-refractivity contribution in [2.24, 2.45) is 0 Å². The van der Waals surface area contributed by atoms with Gasteiger partial charge in [0.1, 0.15) is 11.2 Å². The fourth-order valence-electron chi connectivity index (χ4n) is 6.98. The van der Waals surface area contributed by atoms with E-state index in [1.807, 2.05) is 42.5 Å². The van der Waals surface area contributed by atoms with Crippen LogP contribution in [0.1, 0.15) is 0 Å². The molecule has 0 saturated heterocycles. The van der Waals surface area contributed by atoms with Gasteiger partial charge in [0.05, 0.1) is 11.4 Å². The minimum absolute atomic E-state index is 0.701. The van der Waals surface area contributed by atoms with Gasteiger partial charge in [-0.3, -0.25) is 0 Å². The fourth-order valence-corrected chi connectivity index (χ4v) is 6.98. The van der Waals surface area contributed by atoms with Crippen LogP contribution in [-0.4, -0.2) is 9.97 Å². The smallest absolute Gasteiger partial charge is 0.178 e. The quantitative estimate of drug-likeness (QED) is 0.188. The maximum absolute atomic E-state index is 6.49. The molecule has 0 aliphatic rings. The van der Waals surface area contributed by atoms with Gasteiger partial charge in [0.2, 0.25) is 0 Å². The first-order valence-electron chi connectivity index (χ1n) is 16.7. The van der Waals surface area contributed by atoms with Gasteiger partial charge in [-0.05, 0) is 70.8 Å². The largest absolute Gasteiger partial charge is 0.452 e. The number of aromatic nitrogens is 2. The Labute approximate surface area is 287 Å². The predicted octanol–water partition coefficient (Wildman–Crippen LogP) is 12.6. The summed E-state index contributed by atoms with van der Waals surface area (Å²) < 4.78 is 12.9. The number of nitrogens with zero attached hydrogens (tertiary/aromatic N) is 2. The first-order valence-corrected chi connectivity index (χ1v) is 16.7. The summed E-state index contributed by atoms with van der Waals surface area (Å²) in [7, 11) is 0. The van der Waals surface area contributed by atoms with Crippen molar-refractivity contribution in [2.75, 3.05) is 0 Å². The van der Waals surface area contributed by atoms with Crippen LogP contribution in [-0.2, 0) is 0 Å². The zero-order chi connectivity index (χ0) is 33.0. The molecule has 3 heterocycles. The van der Waals surface area contributed by atoms with E-state index in [-0.39, 0.29) is 0 Å². The second kappa shape index (κ2) is 11.4. The van der Waals surface area contributed by atoms with Gasteiger partial charge >= 0.3 is 0 Å². The Hall–Kier alpha value is -6.78. The molecule has 0 radical (unpaired) electrons. The predicted molar refractivity (Wildman–Crippen MR) is 204 cm³/mol. The lowest BCUT2D eigenvalue weighted by Crippen LogP contribution is -1.96. The van der Waals surface area contributed by atoms with E-state index in [9.17, 15) is 0 Å². The molecule has 4 nitrogen and oxygen atoms in total. The van der Waals surface area contributed by atoms with Crippen LogP contribution in [0.2, 0.25) is 0 Å². The molecule has 0 fully saturated rings. The first kappa shape index (κ1) is 28.3. The topological polar surface area (TPSA) is 52.1 Å². The molecular weight excluding hydrogens is 613 g/mol. The average molecular weight is 641 g/mol. The van der Waals surface area contributed by atoms with Gasteiger partial charge in [-0.25, -0.2) is 9.97 Å². The van der Waals surface area contributed by atoms with Crippen molar-refractivity contribution in [2.45, 2.75) is 0 Å². The monoisotopic (exact) mass is 640 g/mol. The minimum atomic E-state index is 0.701. The molecule has 0 aliphatic carbocycles. The van der Waals surface area contributed by atoms with Crippen LogP contribution in [0.4, 0.5) is 0 Å². The van der Waals surface area contributed by atoms with Crippen molar-refractivity contribution < 1.29 is 8.83 Å². The van der Waals surface area contributed by atoms with Crippen LogP contribution >= 0.6 is 0 Å². The van der Waals surface area contributed by atoms with Crippen LogP contribution in [0.3, 0.4) is 0 Å². The summed E-state index contributed by atoms with van der Waals surface area (Å²) in [5.74, 6) is 0.701. The Kier molecular flexibility index (Phi) is 6.46. The summed E-state index contributed by atoms with van der Waals surface area (Å²) in [6.07, 6.45) is 0. The summed E-state index contributed by atoms with van der Waals surface area (Å²) in [6, 6.07) is 58.6. The highest BCUT2D eigenvalue weighted by Gasteiger charge is 2.18. The van der Waals surface area contributed by atoms with E-state index < -0.39 is 0 Å². The van der Waals surface area contributed by atoms with Crippen LogP contribution in [0, 0.1) is 0 Å². The Morgan fingerprint density at radius 1 is 0.300 bits per heavy atom. The van der Waals surface area contributed by atoms with Crippen LogP contribution in [0.15, 0.2) is 179 Å². The van der Waals surface area contributed by atoms with Gasteiger partial charge in [-0.15, -0.1) is 0 Å². The van der Waals surface area contributed by atoms with E-state index in [1.54, 1.807) is 0 Å². The number of hydrogen-bond donors (Lipinski definition) is 0. The summed E-state index contributed by atoms with van der Waals surface area (Å²) in [5, 5.41) is 4.21. The molecule has 0 amide bonds. The molecular formula is C46H28N2O2. The van der Waals surface area contributed by atoms with Crippen molar-refractivity contribution >= 4 is 43.9 Å². The molecule has 0 aliphatic heterocycles. The Morgan fingerprint density at radius 3 is 1.36 bits per heavy atom. The highest BCUT2D eigenvalue weighted by molar-refractivity contribution is 6.19. The third-order valence-corrected chi connectivity index (χ3v) is 9.50. The van der Waals surface area contributed by atoms with E-state index in [1.165, 1.54) is 5.56 Å². The van der Waals surface area contributed by atoms with Gasteiger partial charge in [-0.2, -0.15) is 0 Å². The maximum atomic E-state index is 6.49. The van der Waals surface area contributed by atoms with Gasteiger partial charge < -0.3 is 8.83 Å².